The predicted octanol–water partition coefficient (Wildman–Crippen LogP) is 2.56. The summed E-state index contributed by atoms with van der Waals surface area (Å²) in [6.45, 7) is 2.28. The van der Waals surface area contributed by atoms with Gasteiger partial charge in [0.2, 0.25) is 5.91 Å². The molecule has 1 aromatic carbocycles. The standard InChI is InChI=1S/C17H19NO4S/c1-13-4-6-15(7-5-13)18(11-16-3-2-9-22-16)17(19)14-8-10-23(20,21)12-14/h2-7,9,14H,8,10-12H2,1H3. The molecule has 0 spiro atoms. The van der Waals surface area contributed by atoms with Crippen molar-refractivity contribution in [1.29, 1.82) is 0 Å². The zero-order valence-electron chi connectivity index (χ0n) is 12.9. The Kier molecular flexibility index (Phi) is 4.26. The lowest BCUT2D eigenvalue weighted by Crippen LogP contribution is -2.36. The van der Waals surface area contributed by atoms with Crippen LogP contribution in [0.2, 0.25) is 0 Å². The molecule has 0 bridgehead atoms. The Hall–Kier alpha value is -2.08. The second-order valence-corrected chi connectivity index (χ2v) is 8.17. The first-order valence-electron chi connectivity index (χ1n) is 7.55. The van der Waals surface area contributed by atoms with Crippen LogP contribution >= 0.6 is 0 Å². The molecule has 23 heavy (non-hydrogen) atoms. The molecule has 6 heteroatoms. The van der Waals surface area contributed by atoms with E-state index in [1.165, 1.54) is 0 Å². The Labute approximate surface area is 135 Å². The highest BCUT2D eigenvalue weighted by Gasteiger charge is 2.36. The number of rotatable bonds is 4. The molecule has 0 saturated carbocycles. The van der Waals surface area contributed by atoms with E-state index in [9.17, 15) is 13.2 Å². The lowest BCUT2D eigenvalue weighted by molar-refractivity contribution is -0.121. The molecule has 2 heterocycles. The predicted molar refractivity (Wildman–Crippen MR) is 87.8 cm³/mol. The maximum Gasteiger partial charge on any atom is 0.231 e. The second-order valence-electron chi connectivity index (χ2n) is 5.94. The number of nitrogens with zero attached hydrogens (tertiary/aromatic N) is 1. The van der Waals surface area contributed by atoms with Crippen molar-refractivity contribution in [3.63, 3.8) is 0 Å². The first-order valence-corrected chi connectivity index (χ1v) is 9.37. The average molecular weight is 333 g/mol. The lowest BCUT2D eigenvalue weighted by atomic mass is 10.1. The number of furan rings is 1. The van der Waals surface area contributed by atoms with Crippen molar-refractivity contribution in [3.05, 3.63) is 54.0 Å². The van der Waals surface area contributed by atoms with E-state index >= 15 is 0 Å². The van der Waals surface area contributed by atoms with Gasteiger partial charge in [-0.15, -0.1) is 0 Å². The fourth-order valence-corrected chi connectivity index (χ4v) is 4.52. The molecule has 1 aliphatic heterocycles. The third-order valence-electron chi connectivity index (χ3n) is 4.09. The minimum atomic E-state index is -3.10. The van der Waals surface area contributed by atoms with Gasteiger partial charge in [-0.1, -0.05) is 17.7 Å². The van der Waals surface area contributed by atoms with Crippen molar-refractivity contribution in [2.45, 2.75) is 19.9 Å². The van der Waals surface area contributed by atoms with Gasteiger partial charge in [-0.25, -0.2) is 8.42 Å². The smallest absolute Gasteiger partial charge is 0.231 e. The largest absolute Gasteiger partial charge is 0.467 e. The van der Waals surface area contributed by atoms with E-state index in [4.69, 9.17) is 4.42 Å². The van der Waals surface area contributed by atoms with Crippen molar-refractivity contribution in [2.24, 2.45) is 5.92 Å². The zero-order valence-corrected chi connectivity index (χ0v) is 13.8. The first kappa shape index (κ1) is 15.8. The molecule has 122 valence electrons. The van der Waals surface area contributed by atoms with Gasteiger partial charge in [0.05, 0.1) is 30.2 Å². The van der Waals surface area contributed by atoms with E-state index in [0.717, 1.165) is 11.3 Å². The van der Waals surface area contributed by atoms with E-state index in [1.54, 1.807) is 23.3 Å². The van der Waals surface area contributed by atoms with Crippen LogP contribution in [0.15, 0.2) is 47.1 Å². The molecule has 1 fully saturated rings. The summed E-state index contributed by atoms with van der Waals surface area (Å²) in [5.41, 5.74) is 1.85. The number of carbonyl (C=O) groups is 1. The molecule has 1 atom stereocenters. The molecule has 2 aromatic rings. The normalized spacial score (nSPS) is 19.6. The lowest BCUT2D eigenvalue weighted by Gasteiger charge is -2.24. The van der Waals surface area contributed by atoms with Crippen LogP contribution in [0.1, 0.15) is 17.7 Å². The summed E-state index contributed by atoms with van der Waals surface area (Å²) < 4.78 is 28.7. The van der Waals surface area contributed by atoms with Crippen LogP contribution in [0.3, 0.4) is 0 Å². The molecule has 1 amide bonds. The average Bonchev–Trinajstić information content (AvgIpc) is 3.14. The SMILES string of the molecule is Cc1ccc(N(Cc2ccco2)C(=O)C2CCS(=O)(=O)C2)cc1. The Morgan fingerprint density at radius 2 is 2.00 bits per heavy atom. The van der Waals surface area contributed by atoms with Gasteiger partial charge in [0, 0.05) is 5.69 Å². The van der Waals surface area contributed by atoms with Gasteiger partial charge in [-0.2, -0.15) is 0 Å². The molecular formula is C17H19NO4S. The van der Waals surface area contributed by atoms with Crippen LogP contribution in [0.4, 0.5) is 5.69 Å². The quantitative estimate of drug-likeness (QED) is 0.862. The van der Waals surface area contributed by atoms with E-state index in [0.29, 0.717) is 18.7 Å². The highest BCUT2D eigenvalue weighted by Crippen LogP contribution is 2.26. The summed E-state index contributed by atoms with van der Waals surface area (Å²) in [5.74, 6) is 0.0560. The summed E-state index contributed by atoms with van der Waals surface area (Å²) in [6, 6.07) is 11.2. The van der Waals surface area contributed by atoms with E-state index in [2.05, 4.69) is 0 Å². The van der Waals surface area contributed by atoms with Gasteiger partial charge in [0.25, 0.3) is 0 Å². The molecule has 1 aromatic heterocycles. The van der Waals surface area contributed by atoms with Gasteiger partial charge in [-0.3, -0.25) is 4.79 Å². The van der Waals surface area contributed by atoms with Crippen LogP contribution in [-0.2, 0) is 21.2 Å². The molecule has 1 saturated heterocycles. The summed E-state index contributed by atoms with van der Waals surface area (Å²) in [4.78, 5) is 14.5. The third-order valence-corrected chi connectivity index (χ3v) is 5.86. The Balaban J connectivity index is 1.88. The Morgan fingerprint density at radius 1 is 1.26 bits per heavy atom. The number of amides is 1. The topological polar surface area (TPSA) is 67.6 Å². The van der Waals surface area contributed by atoms with E-state index in [1.807, 2.05) is 31.2 Å². The summed E-state index contributed by atoms with van der Waals surface area (Å²) >= 11 is 0. The van der Waals surface area contributed by atoms with Crippen molar-refractivity contribution in [3.8, 4) is 0 Å². The van der Waals surface area contributed by atoms with Gasteiger partial charge in [-0.05, 0) is 37.6 Å². The molecule has 0 N–H and O–H groups in total. The summed E-state index contributed by atoms with van der Waals surface area (Å²) in [5, 5.41) is 0. The minimum Gasteiger partial charge on any atom is -0.467 e. The summed E-state index contributed by atoms with van der Waals surface area (Å²) in [7, 11) is -3.10. The number of carbonyl (C=O) groups excluding carboxylic acids is 1. The minimum absolute atomic E-state index is 0.0631. The number of hydrogen-bond donors (Lipinski definition) is 0. The highest BCUT2D eigenvalue weighted by atomic mass is 32.2. The number of anilines is 1. The third kappa shape index (κ3) is 3.64. The van der Waals surface area contributed by atoms with Crippen LogP contribution in [0, 0.1) is 12.8 Å². The van der Waals surface area contributed by atoms with Crippen LogP contribution < -0.4 is 4.90 Å². The van der Waals surface area contributed by atoms with Crippen molar-refractivity contribution < 1.29 is 17.6 Å². The van der Waals surface area contributed by atoms with Crippen LogP contribution in [-0.4, -0.2) is 25.8 Å². The molecule has 0 aliphatic carbocycles. The van der Waals surface area contributed by atoms with Gasteiger partial charge in [0.1, 0.15) is 5.76 Å². The summed E-state index contributed by atoms with van der Waals surface area (Å²) in [6.07, 6.45) is 1.95. The monoisotopic (exact) mass is 333 g/mol. The Bertz CT molecular complexity index is 779. The number of aryl methyl sites for hydroxylation is 1. The molecular weight excluding hydrogens is 314 g/mol. The number of hydrogen-bond acceptors (Lipinski definition) is 4. The molecule has 1 aliphatic rings. The number of benzene rings is 1. The molecule has 0 radical (unpaired) electrons. The van der Waals surface area contributed by atoms with Gasteiger partial charge in [0.15, 0.2) is 9.84 Å². The molecule has 1 unspecified atom stereocenters. The molecule has 3 rings (SSSR count). The van der Waals surface area contributed by atoms with E-state index < -0.39 is 15.8 Å². The van der Waals surface area contributed by atoms with Crippen molar-refractivity contribution >= 4 is 21.4 Å². The first-order chi connectivity index (χ1) is 10.9. The van der Waals surface area contributed by atoms with Crippen molar-refractivity contribution in [2.75, 3.05) is 16.4 Å². The zero-order chi connectivity index (χ0) is 16.4. The fourth-order valence-electron chi connectivity index (χ4n) is 2.79. The van der Waals surface area contributed by atoms with E-state index in [-0.39, 0.29) is 17.4 Å². The maximum absolute atomic E-state index is 12.9. The highest BCUT2D eigenvalue weighted by molar-refractivity contribution is 7.91. The van der Waals surface area contributed by atoms with Gasteiger partial charge < -0.3 is 9.32 Å². The van der Waals surface area contributed by atoms with Gasteiger partial charge >= 0.3 is 0 Å². The second kappa shape index (κ2) is 6.20. The number of sulfone groups is 1. The Morgan fingerprint density at radius 3 is 2.57 bits per heavy atom. The molecule has 5 nitrogen and oxygen atoms in total. The fraction of sp³-hybridized carbons (Fsp3) is 0.353. The van der Waals surface area contributed by atoms with Crippen LogP contribution in [0.5, 0.6) is 0 Å². The van der Waals surface area contributed by atoms with Crippen LogP contribution in [0.25, 0.3) is 0 Å². The van der Waals surface area contributed by atoms with Crippen molar-refractivity contribution in [1.82, 2.24) is 0 Å². The maximum atomic E-state index is 12.9.